The summed E-state index contributed by atoms with van der Waals surface area (Å²) in [4.78, 5) is 0. The molecule has 0 spiro atoms. The van der Waals surface area contributed by atoms with E-state index in [9.17, 15) is 0 Å². The van der Waals surface area contributed by atoms with Gasteiger partial charge >= 0.3 is 0 Å². The molecular weight excluding hydrogens is 196 g/mol. The molecule has 0 saturated heterocycles. The maximum absolute atomic E-state index is 3.32. The highest BCUT2D eigenvalue weighted by Crippen LogP contribution is 2.15. The van der Waals surface area contributed by atoms with E-state index < -0.39 is 0 Å². The molecule has 2 N–H and O–H groups in total. The summed E-state index contributed by atoms with van der Waals surface area (Å²) in [5, 5.41) is 9.03. The highest BCUT2D eigenvalue weighted by molar-refractivity contribution is 5.82. The minimum Gasteiger partial charge on any atom is -0.308 e. The van der Waals surface area contributed by atoms with Crippen LogP contribution in [0.4, 0.5) is 0 Å². The second kappa shape index (κ2) is 5.64. The highest BCUT2D eigenvalue weighted by Gasteiger charge is 1.95. The topological polar surface area (TPSA) is 24.1 Å². The molecule has 0 aliphatic carbocycles. The van der Waals surface area contributed by atoms with Crippen LogP contribution in [0.5, 0.6) is 0 Å². The summed E-state index contributed by atoms with van der Waals surface area (Å²) in [6.07, 6.45) is 1.08. The lowest BCUT2D eigenvalue weighted by molar-refractivity contribution is 0.631. The maximum atomic E-state index is 3.32. The second-order valence-electron chi connectivity index (χ2n) is 3.96. The van der Waals surface area contributed by atoms with Gasteiger partial charge in [-0.2, -0.15) is 0 Å². The molecule has 2 heteroatoms. The molecule has 0 aliphatic heterocycles. The fourth-order valence-corrected chi connectivity index (χ4v) is 1.84. The van der Waals surface area contributed by atoms with Gasteiger partial charge in [0.25, 0.3) is 0 Å². The van der Waals surface area contributed by atoms with Crippen molar-refractivity contribution in [3.8, 4) is 0 Å². The molecule has 84 valence electrons. The molecule has 0 radical (unpaired) electrons. The van der Waals surface area contributed by atoms with Crippen molar-refractivity contribution in [3.05, 3.63) is 48.0 Å². The first-order chi connectivity index (χ1) is 7.90. The first-order valence-corrected chi connectivity index (χ1v) is 5.73. The first kappa shape index (κ1) is 11.1. The molecule has 0 fully saturated rings. The van der Waals surface area contributed by atoms with Gasteiger partial charge in [-0.25, -0.2) is 0 Å². The number of hydrogen-bond donors (Lipinski definition) is 2. The summed E-state index contributed by atoms with van der Waals surface area (Å²) in [5.74, 6) is 0. The Balaban J connectivity index is 2.02. The first-order valence-electron chi connectivity index (χ1n) is 5.73. The Labute approximate surface area is 96.7 Å². The van der Waals surface area contributed by atoms with E-state index >= 15 is 0 Å². The predicted octanol–water partition coefficient (Wildman–Crippen LogP) is 2.15. The summed E-state index contributed by atoms with van der Waals surface area (Å²) in [7, 11) is 1.95. The van der Waals surface area contributed by atoms with Crippen molar-refractivity contribution >= 4 is 10.8 Å². The lowest BCUT2D eigenvalue weighted by atomic mass is 10.1. The van der Waals surface area contributed by atoms with Crippen LogP contribution in [0.15, 0.2) is 42.5 Å². The van der Waals surface area contributed by atoms with Gasteiger partial charge in [-0.15, -0.1) is 0 Å². The Kier molecular flexibility index (Phi) is 3.91. The van der Waals surface area contributed by atoms with E-state index in [1.54, 1.807) is 0 Å². The van der Waals surface area contributed by atoms with E-state index in [1.807, 2.05) is 7.05 Å². The molecule has 0 bridgehead atoms. The van der Waals surface area contributed by atoms with Gasteiger partial charge in [0, 0.05) is 13.2 Å². The van der Waals surface area contributed by atoms with Gasteiger partial charge in [-0.1, -0.05) is 42.5 Å². The molecule has 16 heavy (non-hydrogen) atoms. The van der Waals surface area contributed by atoms with Crippen LogP contribution >= 0.6 is 0 Å². The van der Waals surface area contributed by atoms with Crippen LogP contribution in [0.1, 0.15) is 5.56 Å². The average Bonchev–Trinajstić information content (AvgIpc) is 2.34. The minimum atomic E-state index is 0.869. The van der Waals surface area contributed by atoms with Gasteiger partial charge in [0.05, 0.1) is 0 Å². The third-order valence-corrected chi connectivity index (χ3v) is 2.71. The Hall–Kier alpha value is -1.38. The largest absolute Gasteiger partial charge is 0.308 e. The third-order valence-electron chi connectivity index (χ3n) is 2.71. The lowest BCUT2D eigenvalue weighted by Gasteiger charge is -2.05. The minimum absolute atomic E-state index is 0.869. The maximum Gasteiger partial charge on any atom is 0.0451 e. The van der Waals surface area contributed by atoms with Crippen molar-refractivity contribution in [2.75, 3.05) is 20.3 Å². The van der Waals surface area contributed by atoms with E-state index in [-0.39, 0.29) is 0 Å². The SMILES string of the molecule is CNCNCCc1ccc2ccccc2c1. The quantitative estimate of drug-likeness (QED) is 0.588. The summed E-state index contributed by atoms with van der Waals surface area (Å²) >= 11 is 0. The van der Waals surface area contributed by atoms with Crippen LogP contribution in [0, 0.1) is 0 Å². The molecule has 0 saturated carbocycles. The van der Waals surface area contributed by atoms with Gasteiger partial charge in [0.15, 0.2) is 0 Å². The third kappa shape index (κ3) is 2.81. The molecular formula is C14H18N2. The van der Waals surface area contributed by atoms with Crippen LogP contribution in [0.3, 0.4) is 0 Å². The molecule has 0 amide bonds. The van der Waals surface area contributed by atoms with Crippen molar-refractivity contribution in [2.24, 2.45) is 0 Å². The van der Waals surface area contributed by atoms with Crippen LogP contribution in [-0.2, 0) is 6.42 Å². The van der Waals surface area contributed by atoms with E-state index in [0.717, 1.165) is 19.6 Å². The summed E-state index contributed by atoms with van der Waals surface area (Å²) in [5.41, 5.74) is 1.39. The summed E-state index contributed by atoms with van der Waals surface area (Å²) in [6.45, 7) is 1.88. The molecule has 2 aromatic rings. The van der Waals surface area contributed by atoms with E-state index in [2.05, 4.69) is 53.1 Å². The fourth-order valence-electron chi connectivity index (χ4n) is 1.84. The Bertz CT molecular complexity index is 451. The van der Waals surface area contributed by atoms with E-state index in [4.69, 9.17) is 0 Å². The van der Waals surface area contributed by atoms with Gasteiger partial charge < -0.3 is 10.6 Å². The molecule has 0 aromatic heterocycles. The van der Waals surface area contributed by atoms with Gasteiger partial charge in [0.1, 0.15) is 0 Å². The predicted molar refractivity (Wildman–Crippen MR) is 69.6 cm³/mol. The van der Waals surface area contributed by atoms with Crippen LogP contribution in [-0.4, -0.2) is 20.3 Å². The summed E-state index contributed by atoms with van der Waals surface area (Å²) < 4.78 is 0. The zero-order valence-electron chi connectivity index (χ0n) is 9.66. The van der Waals surface area contributed by atoms with Crippen molar-refractivity contribution in [3.63, 3.8) is 0 Å². The molecule has 2 nitrogen and oxygen atoms in total. The molecule has 2 aromatic carbocycles. The van der Waals surface area contributed by atoms with E-state index in [0.29, 0.717) is 0 Å². The summed E-state index contributed by atoms with van der Waals surface area (Å²) in [6, 6.07) is 15.2. The molecule has 0 heterocycles. The van der Waals surface area contributed by atoms with Gasteiger partial charge in [-0.3, -0.25) is 0 Å². The van der Waals surface area contributed by atoms with E-state index in [1.165, 1.54) is 16.3 Å². The van der Waals surface area contributed by atoms with Crippen molar-refractivity contribution in [1.29, 1.82) is 0 Å². The number of rotatable bonds is 5. The molecule has 0 aliphatic rings. The Morgan fingerprint density at radius 3 is 2.62 bits per heavy atom. The van der Waals surface area contributed by atoms with Crippen molar-refractivity contribution in [1.82, 2.24) is 10.6 Å². The van der Waals surface area contributed by atoms with Crippen molar-refractivity contribution < 1.29 is 0 Å². The average molecular weight is 214 g/mol. The smallest absolute Gasteiger partial charge is 0.0451 e. The fraction of sp³-hybridized carbons (Fsp3) is 0.286. The molecule has 2 rings (SSSR count). The van der Waals surface area contributed by atoms with Crippen LogP contribution in [0.25, 0.3) is 10.8 Å². The van der Waals surface area contributed by atoms with Gasteiger partial charge in [0.2, 0.25) is 0 Å². The zero-order chi connectivity index (χ0) is 11.2. The van der Waals surface area contributed by atoms with Crippen LogP contribution < -0.4 is 10.6 Å². The lowest BCUT2D eigenvalue weighted by Crippen LogP contribution is -2.27. The zero-order valence-corrected chi connectivity index (χ0v) is 9.66. The van der Waals surface area contributed by atoms with Crippen molar-refractivity contribution in [2.45, 2.75) is 6.42 Å². The Morgan fingerprint density at radius 2 is 1.81 bits per heavy atom. The number of benzene rings is 2. The molecule has 0 atom stereocenters. The highest BCUT2D eigenvalue weighted by atomic mass is 15.0. The number of fused-ring (bicyclic) bond motifs is 1. The number of nitrogens with one attached hydrogen (secondary N) is 2. The van der Waals surface area contributed by atoms with Gasteiger partial charge in [-0.05, 0) is 29.8 Å². The normalized spacial score (nSPS) is 10.8. The number of hydrogen-bond acceptors (Lipinski definition) is 2. The second-order valence-corrected chi connectivity index (χ2v) is 3.96. The standard InChI is InChI=1S/C14H18N2/c1-15-11-16-9-8-12-6-7-13-4-2-3-5-14(13)10-12/h2-7,10,15-16H,8-9,11H2,1H3. The monoisotopic (exact) mass is 214 g/mol. The van der Waals surface area contributed by atoms with Crippen LogP contribution in [0.2, 0.25) is 0 Å². The Morgan fingerprint density at radius 1 is 1.00 bits per heavy atom. The molecule has 0 unspecified atom stereocenters.